The minimum absolute atomic E-state index is 0.0949. The first-order valence-corrected chi connectivity index (χ1v) is 6.93. The van der Waals surface area contributed by atoms with E-state index in [2.05, 4.69) is 10.6 Å². The number of anilines is 1. The summed E-state index contributed by atoms with van der Waals surface area (Å²) >= 11 is 4.99. The Morgan fingerprint density at radius 3 is 2.57 bits per heavy atom. The molecule has 0 spiro atoms. The van der Waals surface area contributed by atoms with Gasteiger partial charge in [0.05, 0.1) is 0 Å². The number of carboxylic acid groups (broad SMARTS) is 1. The zero-order chi connectivity index (χ0) is 16.0. The van der Waals surface area contributed by atoms with Gasteiger partial charge in [-0.05, 0) is 43.3 Å². The topological polar surface area (TPSA) is 98.7 Å². The molecule has 0 saturated heterocycles. The van der Waals surface area contributed by atoms with E-state index in [0.717, 1.165) is 12.8 Å². The molecule has 114 valence electrons. The molecule has 0 unspecified atom stereocenters. The molecule has 0 aliphatic rings. The molecule has 1 aromatic rings. The number of nitrogens with one attached hydrogen (secondary N) is 2. The second kappa shape index (κ2) is 7.58. The number of carboxylic acids is 1. The molecular weight excluding hydrogens is 292 g/mol. The van der Waals surface area contributed by atoms with E-state index in [9.17, 15) is 14.7 Å². The van der Waals surface area contributed by atoms with Gasteiger partial charge in [0.2, 0.25) is 5.91 Å². The van der Waals surface area contributed by atoms with Crippen LogP contribution in [0.5, 0.6) is 5.75 Å². The fourth-order valence-corrected chi connectivity index (χ4v) is 1.94. The fourth-order valence-electron chi connectivity index (χ4n) is 1.70. The predicted octanol–water partition coefficient (Wildman–Crippen LogP) is 2.40. The van der Waals surface area contributed by atoms with E-state index in [4.69, 9.17) is 17.3 Å². The van der Waals surface area contributed by atoms with E-state index in [-0.39, 0.29) is 22.3 Å². The van der Waals surface area contributed by atoms with Gasteiger partial charge in [-0.2, -0.15) is 0 Å². The molecule has 1 amide bonds. The van der Waals surface area contributed by atoms with Crippen molar-refractivity contribution in [3.8, 4) is 5.75 Å². The summed E-state index contributed by atoms with van der Waals surface area (Å²) in [6.07, 6.45) is 2.07. The van der Waals surface area contributed by atoms with Crippen molar-refractivity contribution >= 4 is 34.9 Å². The number of carbonyl (C=O) groups excluding carboxylic acids is 1. The Bertz CT molecular complexity index is 572. The van der Waals surface area contributed by atoms with Crippen LogP contribution in [-0.2, 0) is 4.79 Å². The number of aromatic hydroxyl groups is 1. The van der Waals surface area contributed by atoms with Crippen LogP contribution in [0, 0.1) is 6.92 Å². The third-order valence-corrected chi connectivity index (χ3v) is 3.00. The minimum atomic E-state index is -1.24. The van der Waals surface area contributed by atoms with Gasteiger partial charge in [-0.25, -0.2) is 4.79 Å². The van der Waals surface area contributed by atoms with Crippen LogP contribution in [0.3, 0.4) is 0 Å². The van der Waals surface area contributed by atoms with Crippen molar-refractivity contribution in [2.75, 3.05) is 5.32 Å². The molecule has 0 radical (unpaired) electrons. The maximum atomic E-state index is 11.5. The standard InChI is InChI=1S/C14H18N2O4S/c1-3-4-5-11(17)16-14(21)15-9-6-8(2)12(18)10(7-9)13(19)20/h6-7,18H,3-5H2,1-2H3,(H,19,20)(H2,15,16,17,21). The molecule has 0 heterocycles. The van der Waals surface area contributed by atoms with Gasteiger partial charge in [-0.15, -0.1) is 0 Å². The average Bonchev–Trinajstić information content (AvgIpc) is 2.39. The summed E-state index contributed by atoms with van der Waals surface area (Å²) in [4.78, 5) is 22.5. The number of aryl methyl sites for hydroxylation is 1. The number of amides is 1. The average molecular weight is 310 g/mol. The summed E-state index contributed by atoms with van der Waals surface area (Å²) in [7, 11) is 0. The number of hydrogen-bond donors (Lipinski definition) is 4. The number of phenols is 1. The van der Waals surface area contributed by atoms with Crippen LogP contribution in [0.2, 0.25) is 0 Å². The first-order valence-electron chi connectivity index (χ1n) is 6.52. The largest absolute Gasteiger partial charge is 0.507 e. The van der Waals surface area contributed by atoms with Gasteiger partial charge in [0.15, 0.2) is 5.11 Å². The summed E-state index contributed by atoms with van der Waals surface area (Å²) in [5.74, 6) is -1.72. The molecule has 0 saturated carbocycles. The summed E-state index contributed by atoms with van der Waals surface area (Å²) in [6, 6.07) is 2.81. The Balaban J connectivity index is 2.77. The third-order valence-electron chi connectivity index (χ3n) is 2.80. The van der Waals surface area contributed by atoms with Crippen LogP contribution in [0.25, 0.3) is 0 Å². The predicted molar refractivity (Wildman–Crippen MR) is 83.7 cm³/mol. The number of aromatic carboxylic acids is 1. The van der Waals surface area contributed by atoms with Crippen molar-refractivity contribution in [1.82, 2.24) is 5.32 Å². The van der Waals surface area contributed by atoms with Crippen molar-refractivity contribution in [3.05, 3.63) is 23.3 Å². The van der Waals surface area contributed by atoms with Crippen LogP contribution in [0.1, 0.15) is 42.1 Å². The monoisotopic (exact) mass is 310 g/mol. The molecule has 21 heavy (non-hydrogen) atoms. The van der Waals surface area contributed by atoms with Gasteiger partial charge in [0, 0.05) is 12.1 Å². The lowest BCUT2D eigenvalue weighted by atomic mass is 10.1. The maximum Gasteiger partial charge on any atom is 0.339 e. The summed E-state index contributed by atoms with van der Waals surface area (Å²) in [5.41, 5.74) is 0.568. The second-order valence-corrected chi connectivity index (χ2v) is 5.01. The summed E-state index contributed by atoms with van der Waals surface area (Å²) < 4.78 is 0. The van der Waals surface area contributed by atoms with Crippen LogP contribution >= 0.6 is 12.2 Å². The summed E-state index contributed by atoms with van der Waals surface area (Å²) in [6.45, 7) is 3.56. The molecule has 1 rings (SSSR count). The highest BCUT2D eigenvalue weighted by Crippen LogP contribution is 2.26. The van der Waals surface area contributed by atoms with Crippen molar-refractivity contribution in [3.63, 3.8) is 0 Å². The van der Waals surface area contributed by atoms with Crippen LogP contribution in [-0.4, -0.2) is 27.2 Å². The number of unbranched alkanes of at least 4 members (excludes halogenated alkanes) is 1. The number of rotatable bonds is 5. The molecule has 0 aliphatic carbocycles. The number of hydrogen-bond acceptors (Lipinski definition) is 4. The molecule has 0 bridgehead atoms. The molecule has 7 heteroatoms. The Labute approximate surface area is 128 Å². The molecule has 0 aliphatic heterocycles. The van der Waals surface area contributed by atoms with E-state index >= 15 is 0 Å². The van der Waals surface area contributed by atoms with Gasteiger partial charge in [-0.1, -0.05) is 13.3 Å². The lowest BCUT2D eigenvalue weighted by molar-refractivity contribution is -0.119. The first-order chi connectivity index (χ1) is 9.85. The van der Waals surface area contributed by atoms with Gasteiger partial charge in [-0.3, -0.25) is 4.79 Å². The number of thiocarbonyl (C=S) groups is 1. The smallest absolute Gasteiger partial charge is 0.339 e. The Morgan fingerprint density at radius 2 is 2.00 bits per heavy atom. The molecule has 4 N–H and O–H groups in total. The van der Waals surface area contributed by atoms with Crippen molar-refractivity contribution in [2.24, 2.45) is 0 Å². The van der Waals surface area contributed by atoms with Crippen molar-refractivity contribution < 1.29 is 19.8 Å². The quantitative estimate of drug-likeness (QED) is 0.492. The zero-order valence-electron chi connectivity index (χ0n) is 11.9. The van der Waals surface area contributed by atoms with E-state index in [1.165, 1.54) is 6.07 Å². The molecular formula is C14H18N2O4S. The highest BCUT2D eigenvalue weighted by Gasteiger charge is 2.14. The van der Waals surface area contributed by atoms with E-state index < -0.39 is 5.97 Å². The Morgan fingerprint density at radius 1 is 1.33 bits per heavy atom. The minimum Gasteiger partial charge on any atom is -0.507 e. The number of carbonyl (C=O) groups is 2. The normalized spacial score (nSPS) is 10.0. The molecule has 1 aromatic carbocycles. The van der Waals surface area contributed by atoms with Crippen molar-refractivity contribution in [1.29, 1.82) is 0 Å². The van der Waals surface area contributed by atoms with Gasteiger partial charge >= 0.3 is 5.97 Å². The third kappa shape index (κ3) is 5.03. The zero-order valence-corrected chi connectivity index (χ0v) is 12.7. The molecule has 0 fully saturated rings. The van der Waals surface area contributed by atoms with Crippen molar-refractivity contribution in [2.45, 2.75) is 33.1 Å². The van der Waals surface area contributed by atoms with E-state index in [1.807, 2.05) is 6.92 Å². The Hall–Kier alpha value is -2.15. The van der Waals surface area contributed by atoms with Crippen LogP contribution in [0.15, 0.2) is 12.1 Å². The summed E-state index contributed by atoms with van der Waals surface area (Å²) in [5, 5.41) is 24.0. The van der Waals surface area contributed by atoms with Crippen LogP contribution in [0.4, 0.5) is 5.69 Å². The molecule has 6 nitrogen and oxygen atoms in total. The highest BCUT2D eigenvalue weighted by molar-refractivity contribution is 7.80. The lowest BCUT2D eigenvalue weighted by Crippen LogP contribution is -2.33. The van der Waals surface area contributed by atoms with E-state index in [0.29, 0.717) is 17.7 Å². The SMILES string of the molecule is CCCCC(=O)NC(=S)Nc1cc(C)c(O)c(C(=O)O)c1. The van der Waals surface area contributed by atoms with Gasteiger partial charge in [0.1, 0.15) is 11.3 Å². The van der Waals surface area contributed by atoms with Crippen LogP contribution < -0.4 is 10.6 Å². The van der Waals surface area contributed by atoms with Gasteiger partial charge < -0.3 is 20.8 Å². The maximum absolute atomic E-state index is 11.5. The van der Waals surface area contributed by atoms with E-state index in [1.54, 1.807) is 13.0 Å². The fraction of sp³-hybridized carbons (Fsp3) is 0.357. The molecule has 0 atom stereocenters. The Kier molecular flexibility index (Phi) is 6.10. The van der Waals surface area contributed by atoms with Gasteiger partial charge in [0.25, 0.3) is 0 Å². The highest BCUT2D eigenvalue weighted by atomic mass is 32.1. The number of benzene rings is 1. The lowest BCUT2D eigenvalue weighted by Gasteiger charge is -2.12. The first kappa shape index (κ1) is 16.9. The second-order valence-electron chi connectivity index (χ2n) is 4.60. The molecule has 0 aromatic heterocycles.